The van der Waals surface area contributed by atoms with Crippen molar-refractivity contribution in [2.45, 2.75) is 37.8 Å². The third-order valence-electron chi connectivity index (χ3n) is 4.20. The summed E-state index contributed by atoms with van der Waals surface area (Å²) in [6, 6.07) is 0.0448. The topological polar surface area (TPSA) is 89.1 Å². The third kappa shape index (κ3) is 3.17. The fourth-order valence-electron chi connectivity index (χ4n) is 2.76. The summed E-state index contributed by atoms with van der Waals surface area (Å²) < 4.78 is 6.99. The molecule has 122 valence electrons. The molecule has 2 fully saturated rings. The van der Waals surface area contributed by atoms with Gasteiger partial charge in [0.1, 0.15) is 0 Å². The molecule has 9 heteroatoms. The summed E-state index contributed by atoms with van der Waals surface area (Å²) >= 11 is 5.88. The number of carbonyl (C=O) groups excluding carboxylic acids is 1. The highest BCUT2D eigenvalue weighted by Gasteiger charge is 2.30. The van der Waals surface area contributed by atoms with E-state index in [1.165, 1.54) is 0 Å². The van der Waals surface area contributed by atoms with Crippen LogP contribution in [0.15, 0.2) is 16.9 Å². The smallest absolute Gasteiger partial charge is 0.317 e. The molecule has 23 heavy (non-hydrogen) atoms. The van der Waals surface area contributed by atoms with Crippen LogP contribution in [0, 0.1) is 0 Å². The molecule has 1 saturated carbocycles. The van der Waals surface area contributed by atoms with Gasteiger partial charge in [0.05, 0.1) is 23.8 Å². The molecule has 1 aliphatic carbocycles. The molecule has 1 N–H and O–H groups in total. The fourth-order valence-corrected chi connectivity index (χ4v) is 2.90. The highest BCUT2D eigenvalue weighted by Crippen LogP contribution is 2.38. The van der Waals surface area contributed by atoms with Gasteiger partial charge in [-0.2, -0.15) is 10.1 Å². The molecule has 3 heterocycles. The Labute approximate surface area is 137 Å². The van der Waals surface area contributed by atoms with Gasteiger partial charge in [-0.3, -0.25) is 4.68 Å². The minimum atomic E-state index is -0.122. The lowest BCUT2D eigenvalue weighted by Gasteiger charge is -2.16. The first-order valence-corrected chi connectivity index (χ1v) is 8.12. The molecule has 0 spiro atoms. The Morgan fingerprint density at radius 3 is 3.04 bits per heavy atom. The zero-order chi connectivity index (χ0) is 15.8. The van der Waals surface area contributed by atoms with E-state index in [-0.39, 0.29) is 18.6 Å². The number of rotatable bonds is 4. The number of hydrogen-bond acceptors (Lipinski definition) is 5. The average molecular weight is 337 g/mol. The molecular weight excluding hydrogens is 320 g/mol. The Morgan fingerprint density at radius 2 is 2.30 bits per heavy atom. The van der Waals surface area contributed by atoms with Crippen LogP contribution in [0.1, 0.15) is 42.9 Å². The number of nitrogens with zero attached hydrogens (tertiary/aromatic N) is 5. The number of halogens is 1. The molecule has 8 nitrogen and oxygen atoms in total. The second-order valence-electron chi connectivity index (χ2n) is 6.01. The van der Waals surface area contributed by atoms with E-state index in [1.807, 2.05) is 4.68 Å². The van der Waals surface area contributed by atoms with E-state index in [0.717, 1.165) is 19.3 Å². The van der Waals surface area contributed by atoms with Gasteiger partial charge < -0.3 is 14.7 Å². The first kappa shape index (κ1) is 14.5. The van der Waals surface area contributed by atoms with Crippen molar-refractivity contribution in [3.63, 3.8) is 0 Å². The van der Waals surface area contributed by atoms with Crippen molar-refractivity contribution in [1.82, 2.24) is 30.1 Å². The summed E-state index contributed by atoms with van der Waals surface area (Å²) in [5, 5.41) is 11.5. The van der Waals surface area contributed by atoms with Crippen LogP contribution in [0.25, 0.3) is 0 Å². The predicted molar refractivity (Wildman–Crippen MR) is 81.0 cm³/mol. The van der Waals surface area contributed by atoms with E-state index >= 15 is 0 Å². The summed E-state index contributed by atoms with van der Waals surface area (Å²) in [6.45, 7) is 1.58. The molecule has 1 saturated heterocycles. The maximum Gasteiger partial charge on any atom is 0.317 e. The molecule has 4 rings (SSSR count). The van der Waals surface area contributed by atoms with Gasteiger partial charge in [0.2, 0.25) is 5.89 Å². The zero-order valence-corrected chi connectivity index (χ0v) is 13.2. The third-order valence-corrected chi connectivity index (χ3v) is 4.40. The SMILES string of the molecule is O=C(NCc1noc(C2CC2)n1)N1CCC(n2cc(Cl)cn2)C1. The Bertz CT molecular complexity index is 710. The summed E-state index contributed by atoms with van der Waals surface area (Å²) in [7, 11) is 0. The molecule has 2 aromatic rings. The van der Waals surface area contributed by atoms with Crippen LogP contribution in [0.4, 0.5) is 4.79 Å². The largest absolute Gasteiger partial charge is 0.339 e. The van der Waals surface area contributed by atoms with Crippen molar-refractivity contribution >= 4 is 17.6 Å². The second kappa shape index (κ2) is 5.84. The van der Waals surface area contributed by atoms with Gasteiger partial charge in [0, 0.05) is 25.2 Å². The molecule has 1 atom stereocenters. The molecule has 0 radical (unpaired) electrons. The van der Waals surface area contributed by atoms with Gasteiger partial charge in [-0.05, 0) is 19.3 Å². The van der Waals surface area contributed by atoms with Crippen LogP contribution in [0.5, 0.6) is 0 Å². The van der Waals surface area contributed by atoms with Gasteiger partial charge >= 0.3 is 6.03 Å². The molecule has 0 aromatic carbocycles. The van der Waals surface area contributed by atoms with Gasteiger partial charge in [0.15, 0.2) is 5.82 Å². The lowest BCUT2D eigenvalue weighted by molar-refractivity contribution is 0.206. The standard InChI is InChI=1S/C14H17ClN6O2/c15-10-5-17-21(7-10)11-3-4-20(8-11)14(22)16-6-12-18-13(23-19-12)9-1-2-9/h5,7,9,11H,1-4,6,8H2,(H,16,22). The first-order valence-electron chi connectivity index (χ1n) is 7.74. The van der Waals surface area contributed by atoms with E-state index in [9.17, 15) is 4.79 Å². The number of amides is 2. The van der Waals surface area contributed by atoms with Crippen molar-refractivity contribution in [2.75, 3.05) is 13.1 Å². The van der Waals surface area contributed by atoms with Crippen molar-refractivity contribution < 1.29 is 9.32 Å². The molecular formula is C14H17ClN6O2. The lowest BCUT2D eigenvalue weighted by atomic mass is 10.3. The van der Waals surface area contributed by atoms with Crippen LogP contribution in [0.2, 0.25) is 5.02 Å². The minimum Gasteiger partial charge on any atom is -0.339 e. The van der Waals surface area contributed by atoms with Crippen molar-refractivity contribution in [1.29, 1.82) is 0 Å². The second-order valence-corrected chi connectivity index (χ2v) is 6.45. The predicted octanol–water partition coefficient (Wildman–Crippen LogP) is 1.95. The molecule has 0 bridgehead atoms. The molecule has 2 aromatic heterocycles. The zero-order valence-electron chi connectivity index (χ0n) is 12.5. The van der Waals surface area contributed by atoms with E-state index in [1.54, 1.807) is 17.3 Å². The normalized spacial score (nSPS) is 20.9. The van der Waals surface area contributed by atoms with Crippen LogP contribution < -0.4 is 5.32 Å². The van der Waals surface area contributed by atoms with Gasteiger partial charge in [-0.25, -0.2) is 4.79 Å². The highest BCUT2D eigenvalue weighted by atomic mass is 35.5. The maximum absolute atomic E-state index is 12.2. The number of carbonyl (C=O) groups is 1. The van der Waals surface area contributed by atoms with Gasteiger partial charge in [0.25, 0.3) is 0 Å². The average Bonchev–Trinajstić information content (AvgIpc) is 2.96. The van der Waals surface area contributed by atoms with Crippen molar-refractivity contribution in [3.05, 3.63) is 29.1 Å². The number of likely N-dealkylation sites (tertiary alicyclic amines) is 1. The van der Waals surface area contributed by atoms with Crippen LogP contribution in [0.3, 0.4) is 0 Å². The molecule has 1 unspecified atom stereocenters. The number of nitrogens with one attached hydrogen (secondary N) is 1. The summed E-state index contributed by atoms with van der Waals surface area (Å²) in [5.74, 6) is 1.63. The molecule has 1 aliphatic heterocycles. The maximum atomic E-state index is 12.2. The van der Waals surface area contributed by atoms with Gasteiger partial charge in [-0.1, -0.05) is 16.8 Å². The van der Waals surface area contributed by atoms with E-state index in [4.69, 9.17) is 16.1 Å². The van der Waals surface area contributed by atoms with E-state index < -0.39 is 0 Å². The number of hydrogen-bond donors (Lipinski definition) is 1. The molecule has 2 aliphatic rings. The van der Waals surface area contributed by atoms with E-state index in [0.29, 0.717) is 35.7 Å². The van der Waals surface area contributed by atoms with Crippen LogP contribution in [-0.2, 0) is 6.54 Å². The lowest BCUT2D eigenvalue weighted by Crippen LogP contribution is -2.38. The van der Waals surface area contributed by atoms with Crippen LogP contribution >= 0.6 is 11.6 Å². The summed E-state index contributed by atoms with van der Waals surface area (Å²) in [6.07, 6.45) is 6.48. The quantitative estimate of drug-likeness (QED) is 0.921. The van der Waals surface area contributed by atoms with Crippen LogP contribution in [-0.4, -0.2) is 43.9 Å². The van der Waals surface area contributed by atoms with E-state index in [2.05, 4.69) is 20.6 Å². The minimum absolute atomic E-state index is 0.122. The van der Waals surface area contributed by atoms with Gasteiger partial charge in [-0.15, -0.1) is 0 Å². The number of aromatic nitrogens is 4. The Kier molecular flexibility index (Phi) is 3.68. The highest BCUT2D eigenvalue weighted by molar-refractivity contribution is 6.30. The Hall–Kier alpha value is -2.09. The monoisotopic (exact) mass is 336 g/mol. The Balaban J connectivity index is 1.29. The Morgan fingerprint density at radius 1 is 1.43 bits per heavy atom. The fraction of sp³-hybridized carbons (Fsp3) is 0.571. The van der Waals surface area contributed by atoms with Crippen molar-refractivity contribution in [3.8, 4) is 0 Å². The van der Waals surface area contributed by atoms with Crippen molar-refractivity contribution in [2.24, 2.45) is 0 Å². The summed E-state index contributed by atoms with van der Waals surface area (Å²) in [4.78, 5) is 18.3. The summed E-state index contributed by atoms with van der Waals surface area (Å²) in [5.41, 5.74) is 0. The number of urea groups is 1. The molecule has 2 amide bonds. The first-order chi connectivity index (χ1) is 11.2.